The molecule has 0 unspecified atom stereocenters. The molecule has 0 aliphatic rings. The SMILES string of the molecule is CCOc1ccc(-c2nc(-c3cc4cc(C(N)(CO)CO)oc4cc3Cl)no2)cc1C#N. The second-order valence-electron chi connectivity index (χ2n) is 7.13. The minimum atomic E-state index is -1.42. The third-order valence-corrected chi connectivity index (χ3v) is 5.29. The van der Waals surface area contributed by atoms with Crippen LogP contribution in [-0.2, 0) is 5.54 Å². The van der Waals surface area contributed by atoms with Crippen LogP contribution in [0.2, 0.25) is 5.02 Å². The Kier molecular flexibility index (Phi) is 5.86. The van der Waals surface area contributed by atoms with Crippen LogP contribution in [0.1, 0.15) is 18.2 Å². The van der Waals surface area contributed by atoms with Crippen molar-refractivity contribution in [3.8, 4) is 34.7 Å². The first-order chi connectivity index (χ1) is 15.4. The molecule has 0 bridgehead atoms. The zero-order chi connectivity index (χ0) is 22.9. The summed E-state index contributed by atoms with van der Waals surface area (Å²) in [6, 6.07) is 12.0. The minimum Gasteiger partial charge on any atom is -0.492 e. The Hall–Kier alpha value is -3.42. The normalized spacial score (nSPS) is 11.6. The molecule has 4 N–H and O–H groups in total. The number of rotatable bonds is 7. The molecule has 4 aromatic rings. The summed E-state index contributed by atoms with van der Waals surface area (Å²) in [7, 11) is 0. The summed E-state index contributed by atoms with van der Waals surface area (Å²) in [4.78, 5) is 4.41. The number of halogens is 1. The van der Waals surface area contributed by atoms with Crippen LogP contribution in [0, 0.1) is 11.3 Å². The molecule has 32 heavy (non-hydrogen) atoms. The number of nitriles is 1. The van der Waals surface area contributed by atoms with Crippen molar-refractivity contribution in [1.29, 1.82) is 5.26 Å². The Morgan fingerprint density at radius 1 is 1.22 bits per heavy atom. The van der Waals surface area contributed by atoms with Crippen molar-refractivity contribution < 1.29 is 23.9 Å². The zero-order valence-electron chi connectivity index (χ0n) is 17.0. The van der Waals surface area contributed by atoms with Crippen LogP contribution in [0.25, 0.3) is 33.8 Å². The second kappa shape index (κ2) is 8.61. The molecule has 0 radical (unpaired) electrons. The third kappa shape index (κ3) is 3.81. The maximum atomic E-state index is 9.52. The average molecular weight is 455 g/mol. The lowest BCUT2D eigenvalue weighted by Gasteiger charge is -2.21. The van der Waals surface area contributed by atoms with E-state index in [1.165, 1.54) is 0 Å². The van der Waals surface area contributed by atoms with Crippen molar-refractivity contribution in [2.75, 3.05) is 19.8 Å². The lowest BCUT2D eigenvalue weighted by Crippen LogP contribution is -2.43. The summed E-state index contributed by atoms with van der Waals surface area (Å²) >= 11 is 6.42. The fraction of sp³-hybridized carbons (Fsp3) is 0.227. The van der Waals surface area contributed by atoms with E-state index in [0.717, 1.165) is 0 Å². The fourth-order valence-electron chi connectivity index (χ4n) is 3.17. The molecule has 9 nitrogen and oxygen atoms in total. The van der Waals surface area contributed by atoms with Crippen LogP contribution in [-0.4, -0.2) is 40.2 Å². The van der Waals surface area contributed by atoms with E-state index in [4.69, 9.17) is 31.0 Å². The monoisotopic (exact) mass is 454 g/mol. The van der Waals surface area contributed by atoms with E-state index < -0.39 is 18.8 Å². The van der Waals surface area contributed by atoms with Crippen molar-refractivity contribution >= 4 is 22.6 Å². The predicted molar refractivity (Wildman–Crippen MR) is 116 cm³/mol. The van der Waals surface area contributed by atoms with Crippen LogP contribution >= 0.6 is 11.6 Å². The number of benzene rings is 2. The molecule has 0 amide bonds. The van der Waals surface area contributed by atoms with Crippen molar-refractivity contribution in [3.05, 3.63) is 52.7 Å². The van der Waals surface area contributed by atoms with Crippen LogP contribution in [0.15, 0.2) is 45.3 Å². The molecular weight excluding hydrogens is 436 g/mol. The van der Waals surface area contributed by atoms with Gasteiger partial charge in [-0.05, 0) is 37.3 Å². The highest BCUT2D eigenvalue weighted by Gasteiger charge is 2.30. The van der Waals surface area contributed by atoms with Gasteiger partial charge in [-0.25, -0.2) is 0 Å². The number of fused-ring (bicyclic) bond motifs is 1. The summed E-state index contributed by atoms with van der Waals surface area (Å²) in [5.41, 5.74) is 6.41. The topological polar surface area (TPSA) is 152 Å². The number of aromatic nitrogens is 2. The number of ether oxygens (including phenoxy) is 1. The van der Waals surface area contributed by atoms with E-state index >= 15 is 0 Å². The number of aliphatic hydroxyl groups is 2. The lowest BCUT2D eigenvalue weighted by atomic mass is 10.00. The van der Waals surface area contributed by atoms with E-state index in [2.05, 4.69) is 16.2 Å². The van der Waals surface area contributed by atoms with Gasteiger partial charge in [-0.1, -0.05) is 16.8 Å². The van der Waals surface area contributed by atoms with Gasteiger partial charge in [-0.15, -0.1) is 0 Å². The van der Waals surface area contributed by atoms with Crippen molar-refractivity contribution in [2.45, 2.75) is 12.5 Å². The summed E-state index contributed by atoms with van der Waals surface area (Å²) in [6.07, 6.45) is 0. The quantitative estimate of drug-likeness (QED) is 0.382. The number of hydrogen-bond acceptors (Lipinski definition) is 9. The minimum absolute atomic E-state index is 0.213. The summed E-state index contributed by atoms with van der Waals surface area (Å²) in [6.45, 7) is 1.29. The maximum Gasteiger partial charge on any atom is 0.258 e. The molecule has 0 saturated carbocycles. The van der Waals surface area contributed by atoms with Crippen LogP contribution in [0.5, 0.6) is 5.75 Å². The van der Waals surface area contributed by atoms with Gasteiger partial charge in [0, 0.05) is 22.6 Å². The first-order valence-electron chi connectivity index (χ1n) is 9.68. The van der Waals surface area contributed by atoms with Gasteiger partial charge in [0.2, 0.25) is 5.82 Å². The van der Waals surface area contributed by atoms with Gasteiger partial charge in [0.1, 0.15) is 28.7 Å². The Bertz CT molecular complexity index is 1320. The molecule has 164 valence electrons. The number of nitrogens with two attached hydrogens (primary N) is 1. The van der Waals surface area contributed by atoms with E-state index in [1.54, 1.807) is 36.4 Å². The molecule has 0 aliphatic heterocycles. The molecule has 4 rings (SSSR count). The van der Waals surface area contributed by atoms with Crippen LogP contribution in [0.3, 0.4) is 0 Å². The summed E-state index contributed by atoms with van der Waals surface area (Å²) in [5.74, 6) is 1.15. The summed E-state index contributed by atoms with van der Waals surface area (Å²) < 4.78 is 16.5. The number of furan rings is 1. The Morgan fingerprint density at radius 2 is 2.00 bits per heavy atom. The molecule has 10 heteroatoms. The van der Waals surface area contributed by atoms with Gasteiger partial charge in [0.25, 0.3) is 5.89 Å². The van der Waals surface area contributed by atoms with Crippen LogP contribution < -0.4 is 10.5 Å². The van der Waals surface area contributed by atoms with Gasteiger partial charge in [-0.2, -0.15) is 10.2 Å². The number of hydrogen-bond donors (Lipinski definition) is 3. The van der Waals surface area contributed by atoms with Gasteiger partial charge >= 0.3 is 0 Å². The highest BCUT2D eigenvalue weighted by atomic mass is 35.5. The molecule has 2 heterocycles. The molecule has 0 atom stereocenters. The Labute approximate surface area is 187 Å². The smallest absolute Gasteiger partial charge is 0.258 e. The molecule has 2 aromatic carbocycles. The first kappa shape index (κ1) is 21.8. The van der Waals surface area contributed by atoms with Gasteiger partial charge in [0.15, 0.2) is 0 Å². The molecule has 0 aliphatic carbocycles. The van der Waals surface area contributed by atoms with Gasteiger partial charge in [0.05, 0.1) is 30.4 Å². The second-order valence-corrected chi connectivity index (χ2v) is 7.54. The molecule has 0 spiro atoms. The summed E-state index contributed by atoms with van der Waals surface area (Å²) in [5, 5.41) is 33.4. The first-order valence-corrected chi connectivity index (χ1v) is 10.1. The van der Waals surface area contributed by atoms with Gasteiger partial charge < -0.3 is 29.6 Å². The lowest BCUT2D eigenvalue weighted by molar-refractivity contribution is 0.105. The largest absolute Gasteiger partial charge is 0.492 e. The third-order valence-electron chi connectivity index (χ3n) is 4.97. The number of aliphatic hydroxyl groups excluding tert-OH is 2. The standard InChI is InChI=1S/C22H19ClN4O5/c1-2-30-17-4-3-12(5-14(17)9-24)21-26-20(27-32-21)15-6-13-7-19(22(25,10-28)11-29)31-18(13)8-16(15)23/h3-8,28-29H,2,10-11,25H2,1H3. The molecule has 0 fully saturated rings. The molecule has 2 aromatic heterocycles. The predicted octanol–water partition coefficient (Wildman–Crippen LogP) is 3.21. The molecular formula is C22H19ClN4O5. The maximum absolute atomic E-state index is 9.52. The van der Waals surface area contributed by atoms with Gasteiger partial charge in [-0.3, -0.25) is 0 Å². The number of nitrogens with zero attached hydrogens (tertiary/aromatic N) is 3. The van der Waals surface area contributed by atoms with E-state index in [9.17, 15) is 15.5 Å². The van der Waals surface area contributed by atoms with Crippen molar-refractivity contribution in [1.82, 2.24) is 10.1 Å². The highest BCUT2D eigenvalue weighted by Crippen LogP contribution is 2.35. The van der Waals surface area contributed by atoms with E-state index in [0.29, 0.717) is 45.0 Å². The molecule has 0 saturated heterocycles. The van der Waals surface area contributed by atoms with Crippen molar-refractivity contribution in [3.63, 3.8) is 0 Å². The van der Waals surface area contributed by atoms with Crippen molar-refractivity contribution in [2.24, 2.45) is 5.73 Å². The fourth-order valence-corrected chi connectivity index (χ4v) is 3.40. The van der Waals surface area contributed by atoms with Crippen LogP contribution in [0.4, 0.5) is 0 Å². The highest BCUT2D eigenvalue weighted by molar-refractivity contribution is 6.34. The zero-order valence-corrected chi connectivity index (χ0v) is 17.8. The Morgan fingerprint density at radius 3 is 2.69 bits per heavy atom. The average Bonchev–Trinajstić information content (AvgIpc) is 3.45. The van der Waals surface area contributed by atoms with E-state index in [-0.39, 0.29) is 17.5 Å². The van der Waals surface area contributed by atoms with E-state index in [1.807, 2.05) is 6.92 Å². The Balaban J connectivity index is 1.72.